The van der Waals surface area contributed by atoms with Crippen LogP contribution in [0.3, 0.4) is 0 Å². The lowest BCUT2D eigenvalue weighted by atomic mass is 10.2. The summed E-state index contributed by atoms with van der Waals surface area (Å²) < 4.78 is 40.5. The Bertz CT molecular complexity index is 510. The SMILES string of the molecule is C=CCN(C(=O)c1ccc(OCC(F)(F)F)nc1)C1CC1. The molecule has 0 unspecified atom stereocenters. The number of aromatic nitrogens is 1. The summed E-state index contributed by atoms with van der Waals surface area (Å²) in [5, 5.41) is 0. The van der Waals surface area contributed by atoms with Crippen molar-refractivity contribution in [3.05, 3.63) is 36.5 Å². The molecule has 7 heteroatoms. The number of rotatable bonds is 6. The van der Waals surface area contributed by atoms with E-state index in [-0.39, 0.29) is 17.8 Å². The van der Waals surface area contributed by atoms with Crippen molar-refractivity contribution < 1.29 is 22.7 Å². The average Bonchev–Trinajstić information content (AvgIpc) is 3.26. The van der Waals surface area contributed by atoms with E-state index in [0.29, 0.717) is 12.1 Å². The zero-order valence-electron chi connectivity index (χ0n) is 11.3. The largest absolute Gasteiger partial charge is 0.468 e. The van der Waals surface area contributed by atoms with E-state index in [1.165, 1.54) is 18.3 Å². The quantitative estimate of drug-likeness (QED) is 0.759. The van der Waals surface area contributed by atoms with Gasteiger partial charge < -0.3 is 9.64 Å². The summed E-state index contributed by atoms with van der Waals surface area (Å²) in [4.78, 5) is 17.7. The molecule has 0 saturated heterocycles. The molecular weight excluding hydrogens is 285 g/mol. The van der Waals surface area contributed by atoms with E-state index in [2.05, 4.69) is 16.3 Å². The number of carbonyl (C=O) groups is 1. The van der Waals surface area contributed by atoms with Gasteiger partial charge in [-0.25, -0.2) is 4.98 Å². The van der Waals surface area contributed by atoms with E-state index in [0.717, 1.165) is 12.8 Å². The summed E-state index contributed by atoms with van der Waals surface area (Å²) in [5.41, 5.74) is 0.322. The molecule has 1 aliphatic carbocycles. The summed E-state index contributed by atoms with van der Waals surface area (Å²) in [5.74, 6) is -0.363. The molecule has 0 bridgehead atoms. The molecule has 1 amide bonds. The number of carbonyl (C=O) groups excluding carboxylic acids is 1. The number of halogens is 3. The summed E-state index contributed by atoms with van der Waals surface area (Å²) in [6.45, 7) is 2.65. The second-order valence-electron chi connectivity index (χ2n) is 4.77. The molecule has 0 spiro atoms. The number of hydrogen-bond donors (Lipinski definition) is 0. The van der Waals surface area contributed by atoms with Gasteiger partial charge in [-0.1, -0.05) is 6.08 Å². The first-order valence-corrected chi connectivity index (χ1v) is 6.48. The zero-order valence-corrected chi connectivity index (χ0v) is 11.3. The van der Waals surface area contributed by atoms with Crippen LogP contribution in [-0.4, -0.2) is 41.2 Å². The highest BCUT2D eigenvalue weighted by molar-refractivity contribution is 5.94. The number of pyridine rings is 1. The van der Waals surface area contributed by atoms with Gasteiger partial charge in [-0.2, -0.15) is 13.2 Å². The highest BCUT2D eigenvalue weighted by Gasteiger charge is 2.32. The fourth-order valence-electron chi connectivity index (χ4n) is 1.84. The maximum absolute atomic E-state index is 12.3. The third-order valence-electron chi connectivity index (χ3n) is 2.94. The Morgan fingerprint density at radius 2 is 2.19 bits per heavy atom. The Hall–Kier alpha value is -2.05. The Labute approximate surface area is 120 Å². The zero-order chi connectivity index (χ0) is 15.5. The van der Waals surface area contributed by atoms with Crippen LogP contribution in [0, 0.1) is 0 Å². The Morgan fingerprint density at radius 3 is 2.67 bits per heavy atom. The molecule has 114 valence electrons. The topological polar surface area (TPSA) is 42.4 Å². The van der Waals surface area contributed by atoms with Crippen molar-refractivity contribution in [2.24, 2.45) is 0 Å². The Kier molecular flexibility index (Phi) is 4.50. The molecule has 2 rings (SSSR count). The van der Waals surface area contributed by atoms with Crippen LogP contribution in [0.25, 0.3) is 0 Å². The summed E-state index contributed by atoms with van der Waals surface area (Å²) in [6.07, 6.45) is 0.374. The maximum atomic E-state index is 12.3. The number of alkyl halides is 3. The number of nitrogens with zero attached hydrogens (tertiary/aromatic N) is 2. The molecule has 0 aliphatic heterocycles. The van der Waals surface area contributed by atoms with E-state index in [1.807, 2.05) is 0 Å². The molecule has 1 fully saturated rings. The molecule has 21 heavy (non-hydrogen) atoms. The van der Waals surface area contributed by atoms with Gasteiger partial charge in [0.1, 0.15) is 0 Å². The highest BCUT2D eigenvalue weighted by atomic mass is 19.4. The second-order valence-corrected chi connectivity index (χ2v) is 4.77. The molecule has 1 heterocycles. The minimum Gasteiger partial charge on any atom is -0.468 e. The molecule has 1 aromatic rings. The fraction of sp³-hybridized carbons (Fsp3) is 0.429. The monoisotopic (exact) mass is 300 g/mol. The number of hydrogen-bond acceptors (Lipinski definition) is 3. The van der Waals surface area contributed by atoms with Gasteiger partial charge in [-0.05, 0) is 18.9 Å². The van der Waals surface area contributed by atoms with Gasteiger partial charge >= 0.3 is 6.18 Å². The average molecular weight is 300 g/mol. The van der Waals surface area contributed by atoms with Crippen LogP contribution in [0.4, 0.5) is 13.2 Å². The predicted molar refractivity (Wildman–Crippen MR) is 70.0 cm³/mol. The summed E-state index contributed by atoms with van der Waals surface area (Å²) >= 11 is 0. The third-order valence-corrected chi connectivity index (χ3v) is 2.94. The van der Waals surface area contributed by atoms with Gasteiger partial charge in [0.25, 0.3) is 5.91 Å². The van der Waals surface area contributed by atoms with Crippen molar-refractivity contribution >= 4 is 5.91 Å². The van der Waals surface area contributed by atoms with Gasteiger partial charge in [-0.15, -0.1) is 6.58 Å². The molecule has 0 radical (unpaired) electrons. The van der Waals surface area contributed by atoms with E-state index >= 15 is 0 Å². The standard InChI is InChI=1S/C14H15F3N2O2/c1-2-7-19(11-4-5-11)13(20)10-3-6-12(18-8-10)21-9-14(15,16)17/h2-3,6,8,11H,1,4-5,7,9H2. The van der Waals surface area contributed by atoms with E-state index in [1.54, 1.807) is 11.0 Å². The van der Waals surface area contributed by atoms with Crippen molar-refractivity contribution in [3.63, 3.8) is 0 Å². The number of amides is 1. The van der Waals surface area contributed by atoms with Crippen LogP contribution in [-0.2, 0) is 0 Å². The molecule has 1 saturated carbocycles. The third kappa shape index (κ3) is 4.47. The summed E-state index contributed by atoms with van der Waals surface area (Å²) in [7, 11) is 0. The smallest absolute Gasteiger partial charge is 0.422 e. The van der Waals surface area contributed by atoms with Crippen LogP contribution in [0.15, 0.2) is 31.0 Å². The van der Waals surface area contributed by atoms with Gasteiger partial charge in [0.05, 0.1) is 5.56 Å². The van der Waals surface area contributed by atoms with Crippen molar-refractivity contribution in [2.45, 2.75) is 25.1 Å². The molecule has 0 atom stereocenters. The second kappa shape index (κ2) is 6.15. The van der Waals surface area contributed by atoms with Gasteiger partial charge in [-0.3, -0.25) is 4.79 Å². The van der Waals surface area contributed by atoms with Gasteiger partial charge in [0.2, 0.25) is 5.88 Å². The van der Waals surface area contributed by atoms with Gasteiger partial charge in [0.15, 0.2) is 6.61 Å². The molecule has 0 N–H and O–H groups in total. The molecule has 4 nitrogen and oxygen atoms in total. The van der Waals surface area contributed by atoms with E-state index in [4.69, 9.17) is 0 Å². The van der Waals surface area contributed by atoms with Crippen molar-refractivity contribution in [2.75, 3.05) is 13.2 Å². The lowest BCUT2D eigenvalue weighted by Crippen LogP contribution is -2.33. The predicted octanol–water partition coefficient (Wildman–Crippen LogP) is 2.81. The lowest BCUT2D eigenvalue weighted by Gasteiger charge is -2.20. The van der Waals surface area contributed by atoms with Crippen molar-refractivity contribution in [1.29, 1.82) is 0 Å². The number of ether oxygens (including phenoxy) is 1. The van der Waals surface area contributed by atoms with E-state index < -0.39 is 12.8 Å². The highest BCUT2D eigenvalue weighted by Crippen LogP contribution is 2.28. The van der Waals surface area contributed by atoms with Crippen molar-refractivity contribution in [1.82, 2.24) is 9.88 Å². The van der Waals surface area contributed by atoms with Crippen LogP contribution >= 0.6 is 0 Å². The summed E-state index contributed by atoms with van der Waals surface area (Å²) in [6, 6.07) is 2.90. The first-order chi connectivity index (χ1) is 9.90. The lowest BCUT2D eigenvalue weighted by molar-refractivity contribution is -0.154. The van der Waals surface area contributed by atoms with Crippen LogP contribution in [0.5, 0.6) is 5.88 Å². The minimum atomic E-state index is -4.41. The Balaban J connectivity index is 2.00. The molecule has 0 aromatic carbocycles. The van der Waals surface area contributed by atoms with Crippen LogP contribution < -0.4 is 4.74 Å². The van der Waals surface area contributed by atoms with E-state index in [9.17, 15) is 18.0 Å². The molecule has 1 aliphatic rings. The Morgan fingerprint density at radius 1 is 1.48 bits per heavy atom. The molecular formula is C14H15F3N2O2. The molecule has 1 aromatic heterocycles. The first kappa shape index (κ1) is 15.3. The van der Waals surface area contributed by atoms with Crippen LogP contribution in [0.1, 0.15) is 23.2 Å². The van der Waals surface area contributed by atoms with Crippen LogP contribution in [0.2, 0.25) is 0 Å². The van der Waals surface area contributed by atoms with Gasteiger partial charge in [0, 0.05) is 24.8 Å². The maximum Gasteiger partial charge on any atom is 0.422 e. The van der Waals surface area contributed by atoms with Crippen molar-refractivity contribution in [3.8, 4) is 5.88 Å². The fourth-order valence-corrected chi connectivity index (χ4v) is 1.84. The first-order valence-electron chi connectivity index (χ1n) is 6.48. The normalized spacial score (nSPS) is 14.6. The minimum absolute atomic E-state index is 0.162.